The van der Waals surface area contributed by atoms with Crippen LogP contribution in [0.1, 0.15) is 71.1 Å². The lowest BCUT2D eigenvalue weighted by Gasteiger charge is -2.37. The maximum Gasteiger partial charge on any atom is 0.245 e. The molecule has 0 aromatic rings. The Kier molecular flexibility index (Phi) is 9.04. The van der Waals surface area contributed by atoms with Crippen molar-refractivity contribution < 1.29 is 14.4 Å². The molecule has 27 heavy (non-hydrogen) atoms. The third kappa shape index (κ3) is 7.13. The van der Waals surface area contributed by atoms with Crippen LogP contribution in [0.15, 0.2) is 0 Å². The summed E-state index contributed by atoms with van der Waals surface area (Å²) in [6, 6.07) is -0.535. The summed E-state index contributed by atoms with van der Waals surface area (Å²) in [6.07, 6.45) is 9.62. The summed E-state index contributed by atoms with van der Waals surface area (Å²) in [5.74, 6) is 0.308. The fraction of sp³-hybridized carbons (Fsp3) is 0.850. The molecule has 2 fully saturated rings. The minimum Gasteiger partial charge on any atom is -0.354 e. The van der Waals surface area contributed by atoms with Crippen LogP contribution in [0.3, 0.4) is 0 Å². The van der Waals surface area contributed by atoms with Crippen molar-refractivity contribution >= 4 is 17.7 Å². The SMILES string of the molecule is CC(NC(=O)CC1CCCCC1)C(=O)N1CCCCC1CNC(=O)CCN. The smallest absolute Gasteiger partial charge is 0.245 e. The minimum absolute atomic E-state index is 0.00864. The molecule has 7 heteroatoms. The van der Waals surface area contributed by atoms with Crippen molar-refractivity contribution in [1.29, 1.82) is 0 Å². The lowest BCUT2D eigenvalue weighted by atomic mass is 9.87. The first-order valence-corrected chi connectivity index (χ1v) is 10.6. The van der Waals surface area contributed by atoms with Crippen molar-refractivity contribution in [3.63, 3.8) is 0 Å². The summed E-state index contributed by atoms with van der Waals surface area (Å²) in [4.78, 5) is 38.7. The second-order valence-corrected chi connectivity index (χ2v) is 8.02. The summed E-state index contributed by atoms with van der Waals surface area (Å²) in [5, 5.41) is 5.77. The molecule has 2 rings (SSSR count). The first-order chi connectivity index (χ1) is 13.0. The van der Waals surface area contributed by atoms with E-state index in [-0.39, 0.29) is 23.8 Å². The molecule has 2 atom stereocenters. The van der Waals surface area contributed by atoms with Crippen molar-refractivity contribution in [2.45, 2.75) is 83.2 Å². The topological polar surface area (TPSA) is 105 Å². The maximum absolute atomic E-state index is 12.9. The third-order valence-electron chi connectivity index (χ3n) is 5.76. The normalized spacial score (nSPS) is 22.1. The van der Waals surface area contributed by atoms with Crippen LogP contribution in [0.4, 0.5) is 0 Å². The van der Waals surface area contributed by atoms with Gasteiger partial charge >= 0.3 is 0 Å². The molecule has 4 N–H and O–H groups in total. The van der Waals surface area contributed by atoms with Crippen LogP contribution in [0.2, 0.25) is 0 Å². The Morgan fingerprint density at radius 1 is 1.04 bits per heavy atom. The van der Waals surface area contributed by atoms with Crippen LogP contribution in [-0.4, -0.2) is 54.3 Å². The molecule has 1 aliphatic carbocycles. The summed E-state index contributed by atoms with van der Waals surface area (Å²) in [7, 11) is 0. The number of carbonyl (C=O) groups is 3. The zero-order valence-electron chi connectivity index (χ0n) is 16.7. The van der Waals surface area contributed by atoms with Gasteiger partial charge in [-0.25, -0.2) is 0 Å². The van der Waals surface area contributed by atoms with Crippen LogP contribution in [0.25, 0.3) is 0 Å². The van der Waals surface area contributed by atoms with E-state index < -0.39 is 6.04 Å². The fourth-order valence-electron chi connectivity index (χ4n) is 4.22. The lowest BCUT2D eigenvalue weighted by Crippen LogP contribution is -2.55. The highest BCUT2D eigenvalue weighted by Gasteiger charge is 2.30. The average molecular weight is 381 g/mol. The van der Waals surface area contributed by atoms with Crippen molar-refractivity contribution in [3.8, 4) is 0 Å². The van der Waals surface area contributed by atoms with E-state index in [1.165, 1.54) is 19.3 Å². The predicted molar refractivity (Wildman–Crippen MR) is 105 cm³/mol. The van der Waals surface area contributed by atoms with Gasteiger partial charge in [-0.1, -0.05) is 19.3 Å². The van der Waals surface area contributed by atoms with Gasteiger partial charge in [-0.2, -0.15) is 0 Å². The second-order valence-electron chi connectivity index (χ2n) is 8.02. The van der Waals surface area contributed by atoms with Gasteiger partial charge in [0.1, 0.15) is 6.04 Å². The Hall–Kier alpha value is -1.63. The van der Waals surface area contributed by atoms with Gasteiger partial charge in [0, 0.05) is 38.5 Å². The van der Waals surface area contributed by atoms with Crippen molar-refractivity contribution in [2.75, 3.05) is 19.6 Å². The van der Waals surface area contributed by atoms with Gasteiger partial charge < -0.3 is 21.3 Å². The average Bonchev–Trinajstić information content (AvgIpc) is 2.67. The van der Waals surface area contributed by atoms with E-state index in [1.54, 1.807) is 6.92 Å². The second kappa shape index (κ2) is 11.3. The highest BCUT2D eigenvalue weighted by Crippen LogP contribution is 2.26. The van der Waals surface area contributed by atoms with Crippen LogP contribution >= 0.6 is 0 Å². The molecule has 1 saturated carbocycles. The molecule has 154 valence electrons. The fourth-order valence-corrected chi connectivity index (χ4v) is 4.22. The molecule has 7 nitrogen and oxygen atoms in total. The number of nitrogens with zero attached hydrogens (tertiary/aromatic N) is 1. The zero-order valence-corrected chi connectivity index (χ0v) is 16.7. The van der Waals surface area contributed by atoms with E-state index in [4.69, 9.17) is 5.73 Å². The molecule has 1 aliphatic heterocycles. The van der Waals surface area contributed by atoms with Crippen molar-refractivity contribution in [1.82, 2.24) is 15.5 Å². The summed E-state index contributed by atoms with van der Waals surface area (Å²) >= 11 is 0. The van der Waals surface area contributed by atoms with Crippen molar-refractivity contribution in [3.05, 3.63) is 0 Å². The van der Waals surface area contributed by atoms with Crippen LogP contribution in [-0.2, 0) is 14.4 Å². The number of rotatable bonds is 8. The molecular weight excluding hydrogens is 344 g/mol. The van der Waals surface area contributed by atoms with E-state index in [0.29, 0.717) is 38.4 Å². The molecule has 2 aliphatic rings. The lowest BCUT2D eigenvalue weighted by molar-refractivity contribution is -0.139. The molecule has 0 bridgehead atoms. The Labute approximate surface area is 162 Å². The Bertz CT molecular complexity index is 505. The van der Waals surface area contributed by atoms with Crippen LogP contribution in [0.5, 0.6) is 0 Å². The molecule has 1 heterocycles. The number of nitrogens with two attached hydrogens (primary N) is 1. The van der Waals surface area contributed by atoms with Gasteiger partial charge in [0.05, 0.1) is 0 Å². The Morgan fingerprint density at radius 2 is 1.74 bits per heavy atom. The van der Waals surface area contributed by atoms with E-state index >= 15 is 0 Å². The van der Waals surface area contributed by atoms with Crippen molar-refractivity contribution in [2.24, 2.45) is 11.7 Å². The maximum atomic E-state index is 12.9. The number of likely N-dealkylation sites (tertiary alicyclic amines) is 1. The first-order valence-electron chi connectivity index (χ1n) is 10.6. The van der Waals surface area contributed by atoms with Gasteiger partial charge in [-0.3, -0.25) is 14.4 Å². The van der Waals surface area contributed by atoms with E-state index in [0.717, 1.165) is 32.1 Å². The molecule has 0 aromatic heterocycles. The molecule has 0 aromatic carbocycles. The Morgan fingerprint density at radius 3 is 2.44 bits per heavy atom. The third-order valence-corrected chi connectivity index (χ3v) is 5.76. The van der Waals surface area contributed by atoms with Gasteiger partial charge in [0.15, 0.2) is 0 Å². The van der Waals surface area contributed by atoms with Gasteiger partial charge in [0.2, 0.25) is 17.7 Å². The number of hydrogen-bond acceptors (Lipinski definition) is 4. The Balaban J connectivity index is 1.82. The zero-order chi connectivity index (χ0) is 19.6. The summed E-state index contributed by atoms with van der Waals surface area (Å²) in [5.41, 5.74) is 5.40. The van der Waals surface area contributed by atoms with Gasteiger partial charge in [-0.05, 0) is 44.9 Å². The number of amides is 3. The molecule has 2 unspecified atom stereocenters. The summed E-state index contributed by atoms with van der Waals surface area (Å²) in [6.45, 7) is 3.22. The highest BCUT2D eigenvalue weighted by atomic mass is 16.2. The minimum atomic E-state index is -0.526. The number of nitrogens with one attached hydrogen (secondary N) is 2. The molecule has 1 saturated heterocycles. The van der Waals surface area contributed by atoms with E-state index in [9.17, 15) is 14.4 Å². The van der Waals surface area contributed by atoms with Crippen LogP contribution in [0, 0.1) is 5.92 Å². The molecular formula is C20H36N4O3. The van der Waals surface area contributed by atoms with E-state index in [2.05, 4.69) is 10.6 Å². The molecule has 3 amide bonds. The quantitative estimate of drug-likeness (QED) is 0.590. The monoisotopic (exact) mass is 380 g/mol. The van der Waals surface area contributed by atoms with E-state index in [1.807, 2.05) is 4.90 Å². The highest BCUT2D eigenvalue weighted by molar-refractivity contribution is 5.87. The summed E-state index contributed by atoms with van der Waals surface area (Å²) < 4.78 is 0. The van der Waals surface area contributed by atoms with Gasteiger partial charge in [0.25, 0.3) is 0 Å². The van der Waals surface area contributed by atoms with Gasteiger partial charge in [-0.15, -0.1) is 0 Å². The largest absolute Gasteiger partial charge is 0.354 e. The molecule has 0 spiro atoms. The standard InChI is InChI=1S/C20H36N4O3/c1-15(23-19(26)13-16-7-3-2-4-8-16)20(27)24-12-6-5-9-17(24)14-22-18(25)10-11-21/h15-17H,2-14,21H2,1H3,(H,22,25)(H,23,26). The van der Waals surface area contributed by atoms with Crippen LogP contribution < -0.4 is 16.4 Å². The number of hydrogen-bond donors (Lipinski definition) is 3. The first kappa shape index (κ1) is 21.7. The predicted octanol–water partition coefficient (Wildman–Crippen LogP) is 1.31. The molecule has 0 radical (unpaired) electrons. The number of carbonyl (C=O) groups excluding carboxylic acids is 3. The number of piperidine rings is 1.